The van der Waals surface area contributed by atoms with E-state index in [-0.39, 0.29) is 31.1 Å². The Labute approximate surface area is 346 Å². The highest BCUT2D eigenvalue weighted by Crippen LogP contribution is 2.15. The quantitative estimate of drug-likeness (QED) is 0.0265. The van der Waals surface area contributed by atoms with Gasteiger partial charge in [-0.2, -0.15) is 0 Å². The van der Waals surface area contributed by atoms with Gasteiger partial charge < -0.3 is 14.2 Å². The van der Waals surface area contributed by atoms with Crippen molar-refractivity contribution in [3.8, 4) is 0 Å². The molecule has 0 aliphatic rings. The average molecular weight is 785 g/mol. The summed E-state index contributed by atoms with van der Waals surface area (Å²) in [5, 5.41) is 0. The molecule has 0 aromatic heterocycles. The molecule has 324 valence electrons. The number of rotatable bonds is 42. The Morgan fingerprint density at radius 2 is 0.696 bits per heavy atom. The van der Waals surface area contributed by atoms with Gasteiger partial charge in [-0.05, 0) is 57.8 Å². The van der Waals surface area contributed by atoms with E-state index in [1.54, 1.807) is 0 Å². The highest BCUT2D eigenvalue weighted by Gasteiger charge is 2.19. The van der Waals surface area contributed by atoms with Gasteiger partial charge in [-0.1, -0.05) is 204 Å². The predicted molar refractivity (Wildman–Crippen MR) is 238 cm³/mol. The molecule has 0 aliphatic carbocycles. The van der Waals surface area contributed by atoms with Gasteiger partial charge in [0.05, 0.1) is 0 Å². The molecule has 56 heavy (non-hydrogen) atoms. The second kappa shape index (κ2) is 45.1. The zero-order chi connectivity index (χ0) is 40.8. The van der Waals surface area contributed by atoms with Gasteiger partial charge in [0, 0.05) is 19.3 Å². The molecule has 6 nitrogen and oxygen atoms in total. The summed E-state index contributed by atoms with van der Waals surface area (Å²) in [5.74, 6) is -0.901. The molecule has 0 aromatic rings. The van der Waals surface area contributed by atoms with E-state index in [9.17, 15) is 14.4 Å². The van der Waals surface area contributed by atoms with E-state index in [1.165, 1.54) is 96.3 Å². The number of unbranched alkanes of at least 4 members (excludes halogenated alkanes) is 23. The highest BCUT2D eigenvalue weighted by molar-refractivity contribution is 5.71. The summed E-state index contributed by atoms with van der Waals surface area (Å²) in [6, 6.07) is 0. The third-order valence-corrected chi connectivity index (χ3v) is 10.1. The summed E-state index contributed by atoms with van der Waals surface area (Å²) in [4.78, 5) is 37.5. The zero-order valence-electron chi connectivity index (χ0n) is 36.9. The first kappa shape index (κ1) is 53.4. The monoisotopic (exact) mass is 785 g/mol. The van der Waals surface area contributed by atoms with Gasteiger partial charge >= 0.3 is 17.9 Å². The first-order valence-electron chi connectivity index (χ1n) is 23.6. The minimum atomic E-state index is -0.771. The molecule has 0 N–H and O–H groups in total. The second-order valence-corrected chi connectivity index (χ2v) is 15.6. The smallest absolute Gasteiger partial charge is 0.306 e. The van der Waals surface area contributed by atoms with Crippen LogP contribution >= 0.6 is 0 Å². The summed E-state index contributed by atoms with van der Waals surface area (Å²) >= 11 is 0. The van der Waals surface area contributed by atoms with E-state index < -0.39 is 6.10 Å². The normalized spacial score (nSPS) is 12.4. The van der Waals surface area contributed by atoms with Crippen LogP contribution in [0.1, 0.15) is 233 Å². The lowest BCUT2D eigenvalue weighted by Gasteiger charge is -2.18. The van der Waals surface area contributed by atoms with E-state index in [1.807, 2.05) is 0 Å². The second-order valence-electron chi connectivity index (χ2n) is 15.6. The third kappa shape index (κ3) is 42.5. The Hall–Kier alpha value is -2.63. The van der Waals surface area contributed by atoms with Crippen molar-refractivity contribution in [2.75, 3.05) is 13.2 Å². The van der Waals surface area contributed by atoms with Crippen molar-refractivity contribution in [3.63, 3.8) is 0 Å². The highest BCUT2D eigenvalue weighted by atomic mass is 16.6. The van der Waals surface area contributed by atoms with Gasteiger partial charge in [0.25, 0.3) is 0 Å². The maximum Gasteiger partial charge on any atom is 0.306 e. The number of esters is 3. The molecular formula is C50H88O6. The summed E-state index contributed by atoms with van der Waals surface area (Å²) in [6.07, 6.45) is 52.7. The van der Waals surface area contributed by atoms with Crippen LogP contribution in [0.2, 0.25) is 0 Å². The van der Waals surface area contributed by atoms with E-state index in [0.717, 1.165) is 96.3 Å². The van der Waals surface area contributed by atoms with Crippen molar-refractivity contribution < 1.29 is 28.6 Å². The summed E-state index contributed by atoms with van der Waals surface area (Å²) < 4.78 is 16.6. The van der Waals surface area contributed by atoms with Crippen molar-refractivity contribution in [2.24, 2.45) is 0 Å². The maximum atomic E-state index is 12.7. The number of hydrogen-bond acceptors (Lipinski definition) is 6. The van der Waals surface area contributed by atoms with Crippen LogP contribution in [0.15, 0.2) is 48.6 Å². The molecule has 1 unspecified atom stereocenters. The third-order valence-electron chi connectivity index (χ3n) is 10.1. The lowest BCUT2D eigenvalue weighted by molar-refractivity contribution is -0.167. The number of allylic oxidation sites excluding steroid dienone is 8. The van der Waals surface area contributed by atoms with E-state index in [0.29, 0.717) is 19.3 Å². The Bertz CT molecular complexity index is 996. The maximum absolute atomic E-state index is 12.7. The van der Waals surface area contributed by atoms with Gasteiger partial charge in [-0.15, -0.1) is 0 Å². The van der Waals surface area contributed by atoms with Crippen molar-refractivity contribution in [2.45, 2.75) is 239 Å². The van der Waals surface area contributed by atoms with Gasteiger partial charge in [0.2, 0.25) is 0 Å². The van der Waals surface area contributed by atoms with Gasteiger partial charge in [-0.25, -0.2) is 0 Å². The molecule has 0 rings (SSSR count). The SMILES string of the molecule is CC/C=C\C/C=C\C/C=C\C/C=C\CCCCCCCCC(=O)OCC(COC(=O)CCCCCCC)OC(=O)CCCCCCCCCCCCCCCC. The lowest BCUT2D eigenvalue weighted by atomic mass is 10.0. The standard InChI is InChI=1S/C50H88O6/c1-4-7-10-13-15-17-19-21-23-24-25-26-27-29-30-32-34-37-40-43-49(52)55-46-47(45-54-48(51)42-39-36-12-9-6-3)56-50(53)44-41-38-35-33-31-28-22-20-18-16-14-11-8-5-2/h7,10,15,17,21,23,25-26,47H,4-6,8-9,11-14,16,18-20,22,24,27-46H2,1-3H3/b10-7-,17-15-,23-21-,26-25-. The molecule has 6 heteroatoms. The Morgan fingerprint density at radius 3 is 1.09 bits per heavy atom. The van der Waals surface area contributed by atoms with Crippen molar-refractivity contribution in [3.05, 3.63) is 48.6 Å². The van der Waals surface area contributed by atoms with Crippen LogP contribution in [0.4, 0.5) is 0 Å². The first-order chi connectivity index (χ1) is 27.5. The van der Waals surface area contributed by atoms with Crippen LogP contribution in [0.25, 0.3) is 0 Å². The fourth-order valence-corrected chi connectivity index (χ4v) is 6.55. The fraction of sp³-hybridized carbons (Fsp3) is 0.780. The van der Waals surface area contributed by atoms with Gasteiger partial charge in [-0.3, -0.25) is 14.4 Å². The Balaban J connectivity index is 4.21. The minimum Gasteiger partial charge on any atom is -0.462 e. The van der Waals surface area contributed by atoms with Crippen LogP contribution in [0.5, 0.6) is 0 Å². The number of hydrogen-bond donors (Lipinski definition) is 0. The molecule has 0 radical (unpaired) electrons. The van der Waals surface area contributed by atoms with Crippen LogP contribution in [-0.2, 0) is 28.6 Å². The van der Waals surface area contributed by atoms with Gasteiger partial charge in [0.1, 0.15) is 13.2 Å². The fourth-order valence-electron chi connectivity index (χ4n) is 6.55. The molecule has 0 amide bonds. The largest absolute Gasteiger partial charge is 0.462 e. The average Bonchev–Trinajstić information content (AvgIpc) is 3.19. The van der Waals surface area contributed by atoms with Gasteiger partial charge in [0.15, 0.2) is 6.10 Å². The van der Waals surface area contributed by atoms with Crippen molar-refractivity contribution >= 4 is 17.9 Å². The van der Waals surface area contributed by atoms with E-state index in [4.69, 9.17) is 14.2 Å². The molecule has 0 saturated heterocycles. The molecule has 1 atom stereocenters. The van der Waals surface area contributed by atoms with E-state index in [2.05, 4.69) is 69.4 Å². The van der Waals surface area contributed by atoms with Crippen LogP contribution in [0.3, 0.4) is 0 Å². The summed E-state index contributed by atoms with van der Waals surface area (Å²) in [7, 11) is 0. The predicted octanol–water partition coefficient (Wildman–Crippen LogP) is 15.1. The van der Waals surface area contributed by atoms with Crippen molar-refractivity contribution in [1.82, 2.24) is 0 Å². The Kier molecular flexibility index (Phi) is 43.0. The van der Waals surface area contributed by atoms with E-state index >= 15 is 0 Å². The van der Waals surface area contributed by atoms with Crippen LogP contribution < -0.4 is 0 Å². The molecule has 0 aliphatic heterocycles. The zero-order valence-corrected chi connectivity index (χ0v) is 36.9. The van der Waals surface area contributed by atoms with Crippen LogP contribution in [0, 0.1) is 0 Å². The van der Waals surface area contributed by atoms with Crippen LogP contribution in [-0.4, -0.2) is 37.2 Å². The molecule has 0 spiro atoms. The number of carbonyl (C=O) groups excluding carboxylic acids is 3. The summed E-state index contributed by atoms with van der Waals surface area (Å²) in [6.45, 7) is 6.43. The molecular weight excluding hydrogens is 697 g/mol. The minimum absolute atomic E-state index is 0.0769. The molecule has 0 bridgehead atoms. The molecule has 0 saturated carbocycles. The first-order valence-corrected chi connectivity index (χ1v) is 23.6. The molecule has 0 aromatic carbocycles. The summed E-state index contributed by atoms with van der Waals surface area (Å²) in [5.41, 5.74) is 0. The molecule has 0 heterocycles. The Morgan fingerprint density at radius 1 is 0.375 bits per heavy atom. The topological polar surface area (TPSA) is 78.9 Å². The lowest BCUT2D eigenvalue weighted by Crippen LogP contribution is -2.30. The number of carbonyl (C=O) groups is 3. The number of ether oxygens (including phenoxy) is 3. The molecule has 0 fully saturated rings. The van der Waals surface area contributed by atoms with Crippen molar-refractivity contribution in [1.29, 1.82) is 0 Å².